The largest absolute Gasteiger partial charge is 0.452 e. The summed E-state index contributed by atoms with van der Waals surface area (Å²) in [5.41, 5.74) is 7.88. The number of hydrogen-bond acceptors (Lipinski definition) is 4. The van der Waals surface area contributed by atoms with Crippen molar-refractivity contribution in [3.63, 3.8) is 0 Å². The molecule has 1 amide bonds. The van der Waals surface area contributed by atoms with Crippen molar-refractivity contribution < 1.29 is 18.7 Å². The minimum absolute atomic E-state index is 0.259. The summed E-state index contributed by atoms with van der Waals surface area (Å²) in [4.78, 5) is 23.5. The lowest BCUT2D eigenvalue weighted by molar-refractivity contribution is -0.124. The van der Waals surface area contributed by atoms with Crippen LogP contribution in [0.1, 0.15) is 21.5 Å². The number of esters is 1. The fourth-order valence-electron chi connectivity index (χ4n) is 2.07. The highest BCUT2D eigenvalue weighted by atomic mass is 19.1. The van der Waals surface area contributed by atoms with E-state index in [1.54, 1.807) is 30.3 Å². The maximum atomic E-state index is 13.4. The summed E-state index contributed by atoms with van der Waals surface area (Å²) in [6, 6.07) is 11.2. The zero-order chi connectivity index (χ0) is 17.5. The number of nitrogens with two attached hydrogens (primary N) is 1. The maximum absolute atomic E-state index is 13.4. The highest BCUT2D eigenvalue weighted by Crippen LogP contribution is 2.13. The van der Waals surface area contributed by atoms with Gasteiger partial charge in [0, 0.05) is 12.2 Å². The van der Waals surface area contributed by atoms with Crippen LogP contribution in [-0.2, 0) is 16.0 Å². The van der Waals surface area contributed by atoms with Crippen LogP contribution in [0, 0.1) is 12.7 Å². The molecule has 0 saturated heterocycles. The molecule has 3 N–H and O–H groups in total. The Morgan fingerprint density at radius 2 is 1.96 bits per heavy atom. The first-order chi connectivity index (χ1) is 11.5. The topological polar surface area (TPSA) is 81.4 Å². The minimum Gasteiger partial charge on any atom is -0.452 e. The highest BCUT2D eigenvalue weighted by molar-refractivity contribution is 5.92. The van der Waals surface area contributed by atoms with Crippen molar-refractivity contribution in [1.29, 1.82) is 0 Å². The maximum Gasteiger partial charge on any atom is 0.338 e. The molecule has 0 aliphatic heterocycles. The number of halogens is 1. The lowest BCUT2D eigenvalue weighted by Crippen LogP contribution is -2.30. The molecule has 2 aromatic rings. The lowest BCUT2D eigenvalue weighted by Gasteiger charge is -2.08. The Morgan fingerprint density at radius 1 is 1.21 bits per heavy atom. The van der Waals surface area contributed by atoms with Gasteiger partial charge in [-0.25, -0.2) is 9.18 Å². The van der Waals surface area contributed by atoms with E-state index in [1.807, 2.05) is 6.92 Å². The number of carbonyl (C=O) groups excluding carboxylic acids is 2. The van der Waals surface area contributed by atoms with Crippen molar-refractivity contribution in [3.8, 4) is 0 Å². The van der Waals surface area contributed by atoms with Gasteiger partial charge < -0.3 is 15.8 Å². The SMILES string of the molecule is Cc1ccc(C(=O)OCC(=O)NCCc2ccccc2F)cc1N. The van der Waals surface area contributed by atoms with E-state index in [-0.39, 0.29) is 17.9 Å². The van der Waals surface area contributed by atoms with E-state index in [0.717, 1.165) is 5.56 Å². The summed E-state index contributed by atoms with van der Waals surface area (Å²) >= 11 is 0. The molecule has 0 bridgehead atoms. The van der Waals surface area contributed by atoms with E-state index >= 15 is 0 Å². The van der Waals surface area contributed by atoms with Gasteiger partial charge in [-0.1, -0.05) is 24.3 Å². The first-order valence-electron chi connectivity index (χ1n) is 7.50. The number of aryl methyl sites for hydroxylation is 1. The molecule has 0 aliphatic rings. The number of benzene rings is 2. The van der Waals surface area contributed by atoms with E-state index in [9.17, 15) is 14.0 Å². The van der Waals surface area contributed by atoms with Gasteiger partial charge >= 0.3 is 5.97 Å². The van der Waals surface area contributed by atoms with E-state index in [4.69, 9.17) is 10.5 Å². The number of amides is 1. The second kappa shape index (κ2) is 8.10. The Labute approximate surface area is 139 Å². The van der Waals surface area contributed by atoms with Gasteiger partial charge in [-0.2, -0.15) is 0 Å². The summed E-state index contributed by atoms with van der Waals surface area (Å²) in [6.07, 6.45) is 0.362. The number of nitrogen functional groups attached to an aromatic ring is 1. The minimum atomic E-state index is -0.619. The third kappa shape index (κ3) is 4.81. The Hall–Kier alpha value is -2.89. The number of anilines is 1. The smallest absolute Gasteiger partial charge is 0.338 e. The van der Waals surface area contributed by atoms with Gasteiger partial charge in [-0.15, -0.1) is 0 Å². The average Bonchev–Trinajstić information content (AvgIpc) is 2.57. The summed E-state index contributed by atoms with van der Waals surface area (Å²) in [5.74, 6) is -1.37. The van der Waals surface area contributed by atoms with Crippen LogP contribution >= 0.6 is 0 Å². The molecule has 0 fully saturated rings. The first-order valence-corrected chi connectivity index (χ1v) is 7.50. The van der Waals surface area contributed by atoms with Gasteiger partial charge in [0.1, 0.15) is 5.82 Å². The van der Waals surface area contributed by atoms with Crippen molar-refractivity contribution in [3.05, 3.63) is 65.0 Å². The molecule has 0 spiro atoms. The second-order valence-electron chi connectivity index (χ2n) is 5.34. The van der Waals surface area contributed by atoms with Crippen molar-refractivity contribution in [2.75, 3.05) is 18.9 Å². The van der Waals surface area contributed by atoms with Gasteiger partial charge in [-0.3, -0.25) is 4.79 Å². The van der Waals surface area contributed by atoms with Gasteiger partial charge in [0.05, 0.1) is 5.56 Å². The lowest BCUT2D eigenvalue weighted by atomic mass is 10.1. The molecule has 2 aromatic carbocycles. The summed E-state index contributed by atoms with van der Waals surface area (Å²) in [6.45, 7) is 1.69. The monoisotopic (exact) mass is 330 g/mol. The fraction of sp³-hybridized carbons (Fsp3) is 0.222. The normalized spacial score (nSPS) is 10.2. The predicted molar refractivity (Wildman–Crippen MR) is 89.0 cm³/mol. The van der Waals surface area contributed by atoms with Crippen LogP contribution in [0.25, 0.3) is 0 Å². The molecule has 0 aromatic heterocycles. The van der Waals surface area contributed by atoms with Crippen LogP contribution in [0.5, 0.6) is 0 Å². The van der Waals surface area contributed by atoms with Gasteiger partial charge in [0.15, 0.2) is 6.61 Å². The number of rotatable bonds is 6. The van der Waals surface area contributed by atoms with Crippen LogP contribution in [0.4, 0.5) is 10.1 Å². The molecule has 0 radical (unpaired) electrons. The molecule has 0 saturated carbocycles. The highest BCUT2D eigenvalue weighted by Gasteiger charge is 2.11. The standard InChI is InChI=1S/C18H19FN2O3/c1-12-6-7-14(10-16(12)20)18(23)24-11-17(22)21-9-8-13-4-2-3-5-15(13)19/h2-7,10H,8-9,11,20H2,1H3,(H,21,22). The molecule has 24 heavy (non-hydrogen) atoms. The van der Waals surface area contributed by atoms with E-state index in [0.29, 0.717) is 17.7 Å². The first kappa shape index (κ1) is 17.5. The zero-order valence-electron chi connectivity index (χ0n) is 13.3. The molecule has 0 unspecified atom stereocenters. The van der Waals surface area contributed by atoms with Gasteiger partial charge in [-0.05, 0) is 42.7 Å². The van der Waals surface area contributed by atoms with Gasteiger partial charge in [0.2, 0.25) is 0 Å². The molecular weight excluding hydrogens is 311 g/mol. The third-order valence-electron chi connectivity index (χ3n) is 3.52. The van der Waals surface area contributed by atoms with Crippen molar-refractivity contribution >= 4 is 17.6 Å². The van der Waals surface area contributed by atoms with Crippen molar-refractivity contribution in [2.45, 2.75) is 13.3 Å². The zero-order valence-corrected chi connectivity index (χ0v) is 13.3. The van der Waals surface area contributed by atoms with E-state index in [2.05, 4.69) is 5.32 Å². The molecule has 0 atom stereocenters. The molecule has 0 heterocycles. The number of ether oxygens (including phenoxy) is 1. The average molecular weight is 330 g/mol. The summed E-state index contributed by atoms with van der Waals surface area (Å²) in [5, 5.41) is 2.58. The Balaban J connectivity index is 1.75. The van der Waals surface area contributed by atoms with Crippen LogP contribution in [0.3, 0.4) is 0 Å². The number of hydrogen-bond donors (Lipinski definition) is 2. The molecule has 0 aliphatic carbocycles. The Bertz CT molecular complexity index is 747. The van der Waals surface area contributed by atoms with Crippen LogP contribution in [-0.4, -0.2) is 25.0 Å². The van der Waals surface area contributed by atoms with Crippen LogP contribution in [0.15, 0.2) is 42.5 Å². The fourth-order valence-corrected chi connectivity index (χ4v) is 2.07. The molecule has 6 heteroatoms. The van der Waals surface area contributed by atoms with Crippen molar-refractivity contribution in [1.82, 2.24) is 5.32 Å². The molecule has 126 valence electrons. The number of nitrogens with one attached hydrogen (secondary N) is 1. The van der Waals surface area contributed by atoms with Crippen LogP contribution < -0.4 is 11.1 Å². The quantitative estimate of drug-likeness (QED) is 0.629. The molecule has 5 nitrogen and oxygen atoms in total. The Morgan fingerprint density at radius 3 is 2.67 bits per heavy atom. The van der Waals surface area contributed by atoms with Gasteiger partial charge in [0.25, 0.3) is 5.91 Å². The summed E-state index contributed by atoms with van der Waals surface area (Å²) in [7, 11) is 0. The van der Waals surface area contributed by atoms with E-state index < -0.39 is 18.5 Å². The second-order valence-corrected chi connectivity index (χ2v) is 5.34. The predicted octanol–water partition coefficient (Wildman–Crippen LogP) is 2.23. The third-order valence-corrected chi connectivity index (χ3v) is 3.52. The molecular formula is C18H19FN2O3. The summed E-state index contributed by atoms with van der Waals surface area (Å²) < 4.78 is 18.4. The van der Waals surface area contributed by atoms with Crippen LogP contribution in [0.2, 0.25) is 0 Å². The number of carbonyl (C=O) groups is 2. The molecule has 2 rings (SSSR count). The Kier molecular flexibility index (Phi) is 5.89. The van der Waals surface area contributed by atoms with Crippen molar-refractivity contribution in [2.24, 2.45) is 0 Å². The van der Waals surface area contributed by atoms with E-state index in [1.165, 1.54) is 12.1 Å².